The first-order valence-electron chi connectivity index (χ1n) is 4.99. The number of Topliss-reactive ketones (excluding diaryl/α,β-unsaturated/α-hetero) is 1. The van der Waals surface area contributed by atoms with Crippen LogP contribution in [0.2, 0.25) is 0 Å². The minimum Gasteiger partial charge on any atom is -0.489 e. The van der Waals surface area contributed by atoms with E-state index in [1.807, 2.05) is 0 Å². The highest BCUT2D eigenvalue weighted by Crippen LogP contribution is 2.23. The molecule has 0 aliphatic heterocycles. The van der Waals surface area contributed by atoms with Crippen molar-refractivity contribution in [3.63, 3.8) is 0 Å². The summed E-state index contributed by atoms with van der Waals surface area (Å²) in [5.74, 6) is -0.729. The number of carbonyl (C=O) groups is 1. The van der Waals surface area contributed by atoms with Gasteiger partial charge in [-0.1, -0.05) is 0 Å². The topological polar surface area (TPSA) is 39.2 Å². The van der Waals surface area contributed by atoms with E-state index < -0.39 is 18.4 Å². The van der Waals surface area contributed by atoms with Gasteiger partial charge in [0.2, 0.25) is 0 Å². The summed E-state index contributed by atoms with van der Waals surface area (Å²) >= 11 is 0. The Morgan fingerprint density at radius 2 is 2.06 bits per heavy atom. The Morgan fingerprint density at radius 3 is 2.59 bits per heavy atom. The molecule has 6 heteroatoms. The summed E-state index contributed by atoms with van der Waals surface area (Å²) < 4.78 is 41.3. The van der Waals surface area contributed by atoms with Gasteiger partial charge in [0.15, 0.2) is 5.78 Å². The molecule has 0 radical (unpaired) electrons. The highest BCUT2D eigenvalue weighted by Gasteiger charge is 2.31. The zero-order chi connectivity index (χ0) is 13.1. The predicted molar refractivity (Wildman–Crippen MR) is 55.0 cm³/mol. The van der Waals surface area contributed by atoms with E-state index in [1.165, 1.54) is 12.3 Å². The first-order valence-corrected chi connectivity index (χ1v) is 4.99. The van der Waals surface area contributed by atoms with Crippen LogP contribution in [0.5, 0.6) is 5.75 Å². The molecule has 0 atom stereocenters. The van der Waals surface area contributed by atoms with E-state index in [1.54, 1.807) is 13.8 Å². The third-order valence-corrected chi connectivity index (χ3v) is 1.77. The van der Waals surface area contributed by atoms with Gasteiger partial charge in [0, 0.05) is 11.8 Å². The summed E-state index contributed by atoms with van der Waals surface area (Å²) in [5, 5.41) is 0. The minimum atomic E-state index is -4.51. The van der Waals surface area contributed by atoms with Crippen molar-refractivity contribution in [2.24, 2.45) is 0 Å². The first-order chi connectivity index (χ1) is 7.78. The summed E-state index contributed by atoms with van der Waals surface area (Å²) in [5.41, 5.74) is -0.0968. The predicted octanol–water partition coefficient (Wildman–Crippen LogP) is 3.00. The smallest absolute Gasteiger partial charge is 0.396 e. The molecule has 0 unspecified atom stereocenters. The van der Waals surface area contributed by atoms with Crippen molar-refractivity contribution < 1.29 is 22.7 Å². The van der Waals surface area contributed by atoms with Crippen LogP contribution in [-0.2, 0) is 0 Å². The summed E-state index contributed by atoms with van der Waals surface area (Å²) in [4.78, 5) is 15.0. The maximum Gasteiger partial charge on any atom is 0.396 e. The summed E-state index contributed by atoms with van der Waals surface area (Å²) in [6.07, 6.45) is -3.68. The van der Waals surface area contributed by atoms with Crippen LogP contribution in [0.15, 0.2) is 18.5 Å². The maximum absolute atomic E-state index is 12.0. The number of hydrogen-bond acceptors (Lipinski definition) is 3. The van der Waals surface area contributed by atoms with Crippen molar-refractivity contribution in [1.82, 2.24) is 4.98 Å². The molecule has 0 fully saturated rings. The molecule has 0 N–H and O–H groups in total. The zero-order valence-electron chi connectivity index (χ0n) is 9.41. The van der Waals surface area contributed by atoms with Crippen molar-refractivity contribution in [1.29, 1.82) is 0 Å². The number of nitrogens with zero attached hydrogens (tertiary/aromatic N) is 1. The minimum absolute atomic E-state index is 0.0968. The lowest BCUT2D eigenvalue weighted by Gasteiger charge is -2.10. The zero-order valence-corrected chi connectivity index (χ0v) is 9.41. The van der Waals surface area contributed by atoms with Crippen LogP contribution in [-0.4, -0.2) is 23.0 Å². The molecule has 0 aliphatic carbocycles. The lowest BCUT2D eigenvalue weighted by molar-refractivity contribution is -0.125. The van der Waals surface area contributed by atoms with Crippen LogP contribution >= 0.6 is 0 Å². The van der Waals surface area contributed by atoms with E-state index in [0.717, 1.165) is 6.20 Å². The van der Waals surface area contributed by atoms with Crippen molar-refractivity contribution in [2.75, 3.05) is 0 Å². The molecule has 3 nitrogen and oxygen atoms in total. The molecule has 1 aromatic heterocycles. The summed E-state index contributed by atoms with van der Waals surface area (Å²) in [6, 6.07) is 1.26. The highest BCUT2D eigenvalue weighted by atomic mass is 19.4. The average molecular weight is 247 g/mol. The Morgan fingerprint density at radius 1 is 1.41 bits per heavy atom. The van der Waals surface area contributed by atoms with Gasteiger partial charge in [0.1, 0.15) is 12.2 Å². The number of halogens is 3. The number of hydrogen-bond donors (Lipinski definition) is 0. The Balaban J connectivity index is 2.81. The fourth-order valence-corrected chi connectivity index (χ4v) is 1.19. The van der Waals surface area contributed by atoms with Gasteiger partial charge in [0.25, 0.3) is 0 Å². The molecule has 0 aromatic carbocycles. The number of pyridine rings is 1. The van der Waals surface area contributed by atoms with Crippen LogP contribution in [0.1, 0.15) is 30.6 Å². The molecule has 0 amide bonds. The SMILES string of the molecule is CC(C)Oc1cncc(C(=O)CC(F)(F)F)c1. The lowest BCUT2D eigenvalue weighted by atomic mass is 10.1. The molecule has 0 bridgehead atoms. The van der Waals surface area contributed by atoms with Crippen LogP contribution < -0.4 is 4.74 Å². The summed E-state index contributed by atoms with van der Waals surface area (Å²) in [6.45, 7) is 3.54. The molecule has 0 saturated heterocycles. The Kier molecular flexibility index (Phi) is 4.09. The van der Waals surface area contributed by atoms with Gasteiger partial charge in [-0.05, 0) is 19.9 Å². The third-order valence-electron chi connectivity index (χ3n) is 1.77. The van der Waals surface area contributed by atoms with Gasteiger partial charge in [-0.15, -0.1) is 0 Å². The number of ketones is 1. The Hall–Kier alpha value is -1.59. The number of alkyl halides is 3. The number of rotatable bonds is 4. The molecule has 0 aliphatic rings. The van der Waals surface area contributed by atoms with Gasteiger partial charge in [-0.2, -0.15) is 13.2 Å². The van der Waals surface area contributed by atoms with E-state index in [4.69, 9.17) is 4.74 Å². The molecular weight excluding hydrogens is 235 g/mol. The van der Waals surface area contributed by atoms with Crippen molar-refractivity contribution in [3.05, 3.63) is 24.0 Å². The average Bonchev–Trinajstić information content (AvgIpc) is 2.14. The molecule has 1 aromatic rings. The molecule has 1 rings (SSSR count). The molecule has 94 valence electrons. The standard InChI is InChI=1S/C11H12F3NO2/c1-7(2)17-9-3-8(5-15-6-9)10(16)4-11(12,13)14/h3,5-7H,4H2,1-2H3. The molecule has 17 heavy (non-hydrogen) atoms. The van der Waals surface area contributed by atoms with Gasteiger partial charge >= 0.3 is 6.18 Å². The van der Waals surface area contributed by atoms with Gasteiger partial charge in [-0.25, -0.2) is 0 Å². The van der Waals surface area contributed by atoms with E-state index in [0.29, 0.717) is 0 Å². The number of aromatic nitrogens is 1. The Labute approximate surface area is 96.6 Å². The molecule has 0 saturated carbocycles. The van der Waals surface area contributed by atoms with Crippen LogP contribution in [0.4, 0.5) is 13.2 Å². The maximum atomic E-state index is 12.0. The van der Waals surface area contributed by atoms with E-state index >= 15 is 0 Å². The highest BCUT2D eigenvalue weighted by molar-refractivity contribution is 5.96. The first kappa shape index (κ1) is 13.5. The fourth-order valence-electron chi connectivity index (χ4n) is 1.19. The van der Waals surface area contributed by atoms with Crippen LogP contribution in [0.25, 0.3) is 0 Å². The number of carbonyl (C=O) groups excluding carboxylic acids is 1. The molecule has 1 heterocycles. The second kappa shape index (κ2) is 5.16. The van der Waals surface area contributed by atoms with E-state index in [9.17, 15) is 18.0 Å². The number of ether oxygens (including phenoxy) is 1. The third kappa shape index (κ3) is 4.84. The normalized spacial score (nSPS) is 11.6. The molecular formula is C11H12F3NO2. The van der Waals surface area contributed by atoms with Crippen molar-refractivity contribution in [2.45, 2.75) is 32.5 Å². The second-order valence-electron chi connectivity index (χ2n) is 3.79. The van der Waals surface area contributed by atoms with E-state index in [2.05, 4.69) is 4.98 Å². The lowest BCUT2D eigenvalue weighted by Crippen LogP contribution is -2.15. The van der Waals surface area contributed by atoms with E-state index in [-0.39, 0.29) is 17.4 Å². The van der Waals surface area contributed by atoms with Crippen LogP contribution in [0, 0.1) is 0 Å². The van der Waals surface area contributed by atoms with Crippen molar-refractivity contribution in [3.8, 4) is 5.75 Å². The second-order valence-corrected chi connectivity index (χ2v) is 3.79. The summed E-state index contributed by atoms with van der Waals surface area (Å²) in [7, 11) is 0. The quantitative estimate of drug-likeness (QED) is 0.768. The van der Waals surface area contributed by atoms with Gasteiger partial charge < -0.3 is 4.74 Å². The largest absolute Gasteiger partial charge is 0.489 e. The van der Waals surface area contributed by atoms with Gasteiger partial charge in [0.05, 0.1) is 12.3 Å². The van der Waals surface area contributed by atoms with Gasteiger partial charge in [-0.3, -0.25) is 9.78 Å². The monoisotopic (exact) mass is 247 g/mol. The fraction of sp³-hybridized carbons (Fsp3) is 0.455. The Bertz CT molecular complexity index is 402. The van der Waals surface area contributed by atoms with Crippen molar-refractivity contribution >= 4 is 5.78 Å². The molecule has 0 spiro atoms. The van der Waals surface area contributed by atoms with Crippen LogP contribution in [0.3, 0.4) is 0 Å².